The van der Waals surface area contributed by atoms with Gasteiger partial charge < -0.3 is 5.32 Å². The average Bonchev–Trinajstić information content (AvgIpc) is 2.64. The zero-order chi connectivity index (χ0) is 18.7. The lowest BCUT2D eigenvalue weighted by Gasteiger charge is -2.22. The summed E-state index contributed by atoms with van der Waals surface area (Å²) in [6.07, 6.45) is 1.67. The summed E-state index contributed by atoms with van der Waals surface area (Å²) in [5, 5.41) is 2.97. The van der Waals surface area contributed by atoms with Crippen molar-refractivity contribution < 1.29 is 17.6 Å². The Labute approximate surface area is 151 Å². The highest BCUT2D eigenvalue weighted by Crippen LogP contribution is 2.20. The first kappa shape index (κ1) is 18.0. The van der Waals surface area contributed by atoms with Crippen LogP contribution in [0.5, 0.6) is 0 Å². The van der Waals surface area contributed by atoms with Crippen LogP contribution >= 0.6 is 0 Å². The molecule has 1 aliphatic rings. The maximum Gasteiger partial charge on any atom is 0.282 e. The molecule has 0 radical (unpaired) electrons. The fraction of sp³-hybridized carbons (Fsp3) is 0.158. The first-order chi connectivity index (χ1) is 12.4. The Kier molecular flexibility index (Phi) is 4.99. The van der Waals surface area contributed by atoms with Gasteiger partial charge in [-0.05, 0) is 43.3 Å². The third-order valence-electron chi connectivity index (χ3n) is 4.06. The van der Waals surface area contributed by atoms with E-state index in [2.05, 4.69) is 9.71 Å². The predicted molar refractivity (Wildman–Crippen MR) is 97.1 cm³/mol. The first-order valence-corrected chi connectivity index (χ1v) is 9.45. The van der Waals surface area contributed by atoms with Gasteiger partial charge in [0.05, 0.1) is 16.6 Å². The molecule has 0 spiro atoms. The fourth-order valence-electron chi connectivity index (χ4n) is 2.56. The number of sulfonamides is 1. The highest BCUT2D eigenvalue weighted by Gasteiger charge is 2.25. The third-order valence-corrected chi connectivity index (χ3v) is 5.40. The molecule has 2 aromatic carbocycles. The van der Waals surface area contributed by atoms with E-state index in [1.807, 2.05) is 0 Å². The Bertz CT molecular complexity index is 981. The second-order valence-electron chi connectivity index (χ2n) is 5.94. The third kappa shape index (κ3) is 3.88. The van der Waals surface area contributed by atoms with Gasteiger partial charge in [-0.2, -0.15) is 12.8 Å². The van der Waals surface area contributed by atoms with Crippen LogP contribution < -0.4 is 5.32 Å². The minimum Gasteiger partial charge on any atom is -0.383 e. The Morgan fingerprint density at radius 3 is 2.42 bits per heavy atom. The van der Waals surface area contributed by atoms with E-state index in [4.69, 9.17) is 0 Å². The number of ketones is 1. The molecule has 1 aliphatic heterocycles. The number of halogens is 1. The lowest BCUT2D eigenvalue weighted by atomic mass is 9.94. The van der Waals surface area contributed by atoms with Crippen molar-refractivity contribution >= 4 is 21.5 Å². The Balaban J connectivity index is 1.88. The summed E-state index contributed by atoms with van der Waals surface area (Å²) < 4.78 is 41.9. The van der Waals surface area contributed by atoms with Gasteiger partial charge in [-0.15, -0.1) is 0 Å². The molecule has 0 saturated heterocycles. The maximum atomic E-state index is 13.0. The summed E-state index contributed by atoms with van der Waals surface area (Å²) in [7, 11) is -3.85. The molecule has 7 heteroatoms. The summed E-state index contributed by atoms with van der Waals surface area (Å²) in [5.41, 5.74) is 1.05. The smallest absolute Gasteiger partial charge is 0.282 e. The van der Waals surface area contributed by atoms with Crippen LogP contribution in [0.25, 0.3) is 0 Å². The number of rotatable bonds is 4. The molecule has 0 fully saturated rings. The minimum absolute atomic E-state index is 0.0978. The van der Waals surface area contributed by atoms with Crippen LogP contribution in [0.15, 0.2) is 75.7 Å². The molecule has 2 aromatic rings. The summed E-state index contributed by atoms with van der Waals surface area (Å²) in [6, 6.07) is 12.8. The molecule has 0 amide bonds. The van der Waals surface area contributed by atoms with E-state index in [1.54, 1.807) is 31.3 Å². The molecular formula is C19H17FN2O3S. The van der Waals surface area contributed by atoms with Gasteiger partial charge in [0, 0.05) is 23.8 Å². The van der Waals surface area contributed by atoms with Crippen molar-refractivity contribution in [2.75, 3.05) is 0 Å². The summed E-state index contributed by atoms with van der Waals surface area (Å²) >= 11 is 0. The molecule has 134 valence electrons. The number of hydrogen-bond acceptors (Lipinski definition) is 4. The van der Waals surface area contributed by atoms with Crippen LogP contribution in [-0.2, 0) is 10.0 Å². The zero-order valence-corrected chi connectivity index (χ0v) is 14.8. The molecule has 1 N–H and O–H groups in total. The number of allylic oxidation sites excluding steroid dienone is 1. The van der Waals surface area contributed by atoms with Gasteiger partial charge >= 0.3 is 0 Å². The maximum absolute atomic E-state index is 13.0. The van der Waals surface area contributed by atoms with Crippen molar-refractivity contribution in [1.29, 1.82) is 0 Å². The summed E-state index contributed by atoms with van der Waals surface area (Å²) in [5.74, 6) is -0.726. The summed E-state index contributed by atoms with van der Waals surface area (Å²) in [6.45, 7) is 1.77. The van der Waals surface area contributed by atoms with Crippen LogP contribution in [-0.4, -0.2) is 26.0 Å². The molecule has 1 unspecified atom stereocenters. The molecule has 26 heavy (non-hydrogen) atoms. The van der Waals surface area contributed by atoms with E-state index in [-0.39, 0.29) is 23.1 Å². The molecule has 0 bridgehead atoms. The van der Waals surface area contributed by atoms with Crippen molar-refractivity contribution in [2.45, 2.75) is 24.3 Å². The van der Waals surface area contributed by atoms with Crippen LogP contribution in [0.1, 0.15) is 23.7 Å². The van der Waals surface area contributed by atoms with E-state index >= 15 is 0 Å². The number of nitrogens with one attached hydrogen (secondary N) is 1. The monoisotopic (exact) mass is 372 g/mol. The van der Waals surface area contributed by atoms with Crippen molar-refractivity contribution in [1.82, 2.24) is 5.32 Å². The van der Waals surface area contributed by atoms with Crippen LogP contribution in [0.4, 0.5) is 4.39 Å². The van der Waals surface area contributed by atoms with Gasteiger partial charge in [-0.1, -0.05) is 18.2 Å². The quantitative estimate of drug-likeness (QED) is 0.837. The molecule has 0 saturated carbocycles. The first-order valence-electron chi connectivity index (χ1n) is 8.01. The van der Waals surface area contributed by atoms with E-state index < -0.39 is 15.8 Å². The number of carbonyl (C=O) groups is 1. The van der Waals surface area contributed by atoms with Crippen LogP contribution in [0, 0.1) is 5.82 Å². The van der Waals surface area contributed by atoms with Gasteiger partial charge in [0.2, 0.25) is 0 Å². The van der Waals surface area contributed by atoms with Crippen molar-refractivity contribution in [2.24, 2.45) is 4.40 Å². The lowest BCUT2D eigenvalue weighted by Crippen LogP contribution is -2.36. The SMILES string of the molecule is CC1NC=C(C(=O)c2ccc(F)cc2)CC1=NS(=O)(=O)c1ccccc1. The highest BCUT2D eigenvalue weighted by atomic mass is 32.2. The Hall–Kier alpha value is -2.80. The number of nitrogens with zero attached hydrogens (tertiary/aromatic N) is 1. The van der Waals surface area contributed by atoms with Gasteiger partial charge in [-0.3, -0.25) is 4.79 Å². The molecule has 3 rings (SSSR count). The van der Waals surface area contributed by atoms with Gasteiger partial charge in [0.25, 0.3) is 10.0 Å². The molecular weight excluding hydrogens is 355 g/mol. The summed E-state index contributed by atoms with van der Waals surface area (Å²) in [4.78, 5) is 12.7. The number of benzene rings is 2. The van der Waals surface area contributed by atoms with Crippen LogP contribution in [0.3, 0.4) is 0 Å². The average molecular weight is 372 g/mol. The molecule has 5 nitrogen and oxygen atoms in total. The van der Waals surface area contributed by atoms with Gasteiger partial charge in [0.1, 0.15) is 5.82 Å². The fourth-order valence-corrected chi connectivity index (χ4v) is 3.70. The van der Waals surface area contributed by atoms with Crippen molar-refractivity contribution in [3.05, 3.63) is 77.8 Å². The van der Waals surface area contributed by atoms with E-state index in [9.17, 15) is 17.6 Å². The largest absolute Gasteiger partial charge is 0.383 e. The van der Waals surface area contributed by atoms with E-state index in [0.717, 1.165) is 0 Å². The second kappa shape index (κ2) is 7.21. The minimum atomic E-state index is -3.85. The highest BCUT2D eigenvalue weighted by molar-refractivity contribution is 7.90. The standard InChI is InChI=1S/C19H17FN2O3S/c1-13-18(22-26(24,25)17-5-3-2-4-6-17)11-15(12-21-13)19(23)14-7-9-16(20)10-8-14/h2-10,12-13,21H,11H2,1H3. The predicted octanol–water partition coefficient (Wildman–Crippen LogP) is 3.10. The van der Waals surface area contributed by atoms with E-state index in [0.29, 0.717) is 16.8 Å². The molecule has 0 aliphatic carbocycles. The zero-order valence-electron chi connectivity index (χ0n) is 14.0. The Morgan fingerprint density at radius 1 is 1.12 bits per heavy atom. The van der Waals surface area contributed by atoms with Gasteiger partial charge in [0.15, 0.2) is 5.78 Å². The van der Waals surface area contributed by atoms with Crippen molar-refractivity contribution in [3.63, 3.8) is 0 Å². The number of Topliss-reactive ketones (excluding diaryl/α,β-unsaturated/α-hetero) is 1. The number of hydrogen-bond donors (Lipinski definition) is 1. The molecule has 1 heterocycles. The van der Waals surface area contributed by atoms with Crippen molar-refractivity contribution in [3.8, 4) is 0 Å². The number of carbonyl (C=O) groups excluding carboxylic acids is 1. The molecule has 0 aromatic heterocycles. The van der Waals surface area contributed by atoms with Gasteiger partial charge in [-0.25, -0.2) is 4.39 Å². The second-order valence-corrected chi connectivity index (χ2v) is 7.55. The molecule has 1 atom stereocenters. The normalized spacial score (nSPS) is 18.9. The van der Waals surface area contributed by atoms with Crippen LogP contribution in [0.2, 0.25) is 0 Å². The Morgan fingerprint density at radius 2 is 1.77 bits per heavy atom. The lowest BCUT2D eigenvalue weighted by molar-refractivity contribution is 0.103. The van der Waals surface area contributed by atoms with E-state index in [1.165, 1.54) is 36.4 Å². The topological polar surface area (TPSA) is 75.6 Å².